The Morgan fingerprint density at radius 2 is 2.36 bits per heavy atom. The molecule has 0 spiro atoms. The molecule has 0 aliphatic carbocycles. The van der Waals surface area contributed by atoms with Crippen molar-refractivity contribution in [3.63, 3.8) is 0 Å². The van der Waals surface area contributed by atoms with Gasteiger partial charge < -0.3 is 5.11 Å². The smallest absolute Gasteiger partial charge is 0.217 e. The molecule has 6 heteroatoms. The highest BCUT2D eigenvalue weighted by Gasteiger charge is 2.05. The minimum Gasteiger partial charge on any atom is -0.370 e. The summed E-state index contributed by atoms with van der Waals surface area (Å²) in [6.45, 7) is 0.256. The Hall–Kier alpha value is -1.43. The van der Waals surface area contributed by atoms with E-state index in [1.807, 2.05) is 0 Å². The third-order valence-corrected chi connectivity index (χ3v) is 1.26. The Bertz CT molecular complexity index is 375. The van der Waals surface area contributed by atoms with Crippen LogP contribution >= 0.6 is 0 Å². The average molecular weight is 151 g/mol. The SMILES string of the molecule is OC1CN=c2ncnnc2=N1. The molecule has 1 aromatic heterocycles. The molecule has 1 unspecified atom stereocenters. The summed E-state index contributed by atoms with van der Waals surface area (Å²) < 4.78 is 0. The molecule has 56 valence electrons. The van der Waals surface area contributed by atoms with Gasteiger partial charge in [-0.05, 0) is 0 Å². The van der Waals surface area contributed by atoms with Crippen molar-refractivity contribution >= 4 is 0 Å². The molecular weight excluding hydrogens is 146 g/mol. The molecule has 1 aromatic rings. The fraction of sp³-hybridized carbons (Fsp3) is 0.400. The van der Waals surface area contributed by atoms with Crippen LogP contribution in [0.3, 0.4) is 0 Å². The summed E-state index contributed by atoms with van der Waals surface area (Å²) in [5.41, 5.74) is 0.761. The number of hydrogen-bond donors (Lipinski definition) is 1. The van der Waals surface area contributed by atoms with Gasteiger partial charge in [0.05, 0.1) is 6.54 Å². The van der Waals surface area contributed by atoms with Crippen LogP contribution in [0.5, 0.6) is 0 Å². The van der Waals surface area contributed by atoms with Crippen LogP contribution in [-0.4, -0.2) is 33.1 Å². The van der Waals surface area contributed by atoms with Crippen molar-refractivity contribution < 1.29 is 5.11 Å². The highest BCUT2D eigenvalue weighted by Crippen LogP contribution is 1.84. The zero-order chi connectivity index (χ0) is 7.68. The third-order valence-electron chi connectivity index (χ3n) is 1.26. The second-order valence-corrected chi connectivity index (χ2v) is 2.06. The second-order valence-electron chi connectivity index (χ2n) is 2.06. The first kappa shape index (κ1) is 6.29. The van der Waals surface area contributed by atoms with Gasteiger partial charge in [0.25, 0.3) is 0 Å². The van der Waals surface area contributed by atoms with Crippen LogP contribution in [0.25, 0.3) is 0 Å². The van der Waals surface area contributed by atoms with Gasteiger partial charge in [-0.15, -0.1) is 10.2 Å². The predicted octanol–water partition coefficient (Wildman–Crippen LogP) is -2.56. The molecule has 2 rings (SSSR count). The lowest BCUT2D eigenvalue weighted by Gasteiger charge is -2.02. The van der Waals surface area contributed by atoms with E-state index >= 15 is 0 Å². The van der Waals surface area contributed by atoms with Crippen LogP contribution < -0.4 is 11.0 Å². The Morgan fingerprint density at radius 1 is 1.45 bits per heavy atom. The maximum Gasteiger partial charge on any atom is 0.217 e. The molecule has 0 aromatic carbocycles. The van der Waals surface area contributed by atoms with E-state index in [1.54, 1.807) is 0 Å². The van der Waals surface area contributed by atoms with Gasteiger partial charge >= 0.3 is 0 Å². The van der Waals surface area contributed by atoms with Crippen LogP contribution in [-0.2, 0) is 0 Å². The average Bonchev–Trinajstić information content (AvgIpc) is 2.04. The molecular formula is C5H5N5O. The van der Waals surface area contributed by atoms with Crippen LogP contribution in [0.1, 0.15) is 0 Å². The zero-order valence-corrected chi connectivity index (χ0v) is 5.55. The van der Waals surface area contributed by atoms with E-state index in [0.717, 1.165) is 0 Å². The largest absolute Gasteiger partial charge is 0.370 e. The van der Waals surface area contributed by atoms with E-state index in [0.29, 0.717) is 11.0 Å². The van der Waals surface area contributed by atoms with Crippen molar-refractivity contribution in [1.29, 1.82) is 0 Å². The summed E-state index contributed by atoms with van der Waals surface area (Å²) in [4.78, 5) is 11.5. The van der Waals surface area contributed by atoms with Crippen molar-refractivity contribution in [2.45, 2.75) is 6.23 Å². The van der Waals surface area contributed by atoms with Gasteiger partial charge in [-0.25, -0.2) is 9.98 Å². The van der Waals surface area contributed by atoms with Gasteiger partial charge in [0.2, 0.25) is 5.49 Å². The predicted molar refractivity (Wildman–Crippen MR) is 33.0 cm³/mol. The van der Waals surface area contributed by atoms with E-state index < -0.39 is 6.23 Å². The standard InChI is InChI=1S/C5H5N5O/c11-3-1-6-4-5(9-3)10-8-2-7-4/h2-3,11H,1H2. The lowest BCUT2D eigenvalue weighted by atomic mass is 10.5. The van der Waals surface area contributed by atoms with Crippen LogP contribution in [0, 0.1) is 0 Å². The summed E-state index contributed by atoms with van der Waals surface area (Å²) in [6.07, 6.45) is 0.510. The number of aliphatic hydroxyl groups is 1. The molecule has 1 aliphatic rings. The molecule has 11 heavy (non-hydrogen) atoms. The number of hydrogen-bond acceptors (Lipinski definition) is 6. The van der Waals surface area contributed by atoms with Gasteiger partial charge in [0, 0.05) is 0 Å². The van der Waals surface area contributed by atoms with Gasteiger partial charge in [-0.1, -0.05) is 0 Å². The first-order valence-corrected chi connectivity index (χ1v) is 3.10. The molecule has 1 aliphatic heterocycles. The van der Waals surface area contributed by atoms with Crippen molar-refractivity contribution in [3.8, 4) is 0 Å². The summed E-state index contributed by atoms with van der Waals surface area (Å²) in [6, 6.07) is 0. The molecule has 2 heterocycles. The fourth-order valence-electron chi connectivity index (χ4n) is 0.809. The molecule has 0 amide bonds. The lowest BCUT2D eigenvalue weighted by molar-refractivity contribution is 0.182. The Labute approximate surface area is 61.4 Å². The van der Waals surface area contributed by atoms with Gasteiger partial charge in [0.15, 0.2) is 11.7 Å². The number of aliphatic hydroxyl groups excluding tert-OH is 1. The molecule has 1 N–H and O–H groups in total. The molecule has 6 nitrogen and oxygen atoms in total. The summed E-state index contributed by atoms with van der Waals surface area (Å²) in [5.74, 6) is 0. The van der Waals surface area contributed by atoms with E-state index in [2.05, 4.69) is 25.2 Å². The molecule has 0 saturated heterocycles. The minimum absolute atomic E-state index is 0.256. The number of fused-ring (bicyclic) bond motifs is 1. The number of aromatic nitrogens is 3. The topological polar surface area (TPSA) is 83.6 Å². The molecule has 0 saturated carbocycles. The monoisotopic (exact) mass is 151 g/mol. The fourth-order valence-corrected chi connectivity index (χ4v) is 0.809. The van der Waals surface area contributed by atoms with Crippen molar-refractivity contribution in [2.24, 2.45) is 9.98 Å². The van der Waals surface area contributed by atoms with Gasteiger partial charge in [-0.2, -0.15) is 0 Å². The van der Waals surface area contributed by atoms with Crippen LogP contribution in [0.4, 0.5) is 0 Å². The second kappa shape index (κ2) is 2.31. The van der Waals surface area contributed by atoms with Crippen molar-refractivity contribution in [3.05, 3.63) is 17.3 Å². The highest BCUT2D eigenvalue weighted by molar-refractivity contribution is 4.75. The zero-order valence-electron chi connectivity index (χ0n) is 5.55. The maximum absolute atomic E-state index is 9.00. The molecule has 0 radical (unpaired) electrons. The highest BCUT2D eigenvalue weighted by atomic mass is 16.3. The number of rotatable bonds is 0. The van der Waals surface area contributed by atoms with Gasteiger partial charge in [0.1, 0.15) is 6.33 Å². The first-order valence-electron chi connectivity index (χ1n) is 3.10. The van der Waals surface area contributed by atoms with Crippen LogP contribution in [0.15, 0.2) is 16.3 Å². The number of nitrogens with zero attached hydrogens (tertiary/aromatic N) is 5. The van der Waals surface area contributed by atoms with Crippen molar-refractivity contribution in [2.75, 3.05) is 6.54 Å². The molecule has 0 bridgehead atoms. The Morgan fingerprint density at radius 3 is 3.27 bits per heavy atom. The normalized spacial score (nSPS) is 21.4. The molecule has 1 atom stereocenters. The van der Waals surface area contributed by atoms with E-state index in [1.165, 1.54) is 6.33 Å². The van der Waals surface area contributed by atoms with E-state index in [-0.39, 0.29) is 6.54 Å². The van der Waals surface area contributed by atoms with E-state index in [4.69, 9.17) is 5.11 Å². The summed E-state index contributed by atoms with van der Waals surface area (Å²) in [5, 5.41) is 16.1. The van der Waals surface area contributed by atoms with Crippen LogP contribution in [0.2, 0.25) is 0 Å². The van der Waals surface area contributed by atoms with Crippen molar-refractivity contribution in [1.82, 2.24) is 15.2 Å². The van der Waals surface area contributed by atoms with Gasteiger partial charge in [-0.3, -0.25) is 4.99 Å². The Kier molecular flexibility index (Phi) is 1.32. The lowest BCUT2D eigenvalue weighted by Crippen LogP contribution is -2.39. The maximum atomic E-state index is 9.00. The first-order chi connectivity index (χ1) is 5.36. The van der Waals surface area contributed by atoms with E-state index in [9.17, 15) is 0 Å². The third kappa shape index (κ3) is 1.07. The Balaban J connectivity index is 2.73. The summed E-state index contributed by atoms with van der Waals surface area (Å²) >= 11 is 0. The quantitative estimate of drug-likeness (QED) is 0.442. The summed E-state index contributed by atoms with van der Waals surface area (Å²) in [7, 11) is 0. The molecule has 0 fully saturated rings. The minimum atomic E-state index is -0.791.